The first kappa shape index (κ1) is 6.38. The molecule has 1 saturated heterocycles. The summed E-state index contributed by atoms with van der Waals surface area (Å²) < 4.78 is 0. The fraction of sp³-hybridized carbons (Fsp3) is 0.750. The first-order valence-corrected chi connectivity index (χ1v) is 4.03. The van der Waals surface area contributed by atoms with Crippen molar-refractivity contribution in [1.82, 2.24) is 5.32 Å². The molecule has 56 valence electrons. The van der Waals surface area contributed by atoms with E-state index < -0.39 is 0 Å². The van der Waals surface area contributed by atoms with E-state index in [1.165, 1.54) is 12.8 Å². The van der Waals surface area contributed by atoms with Crippen LogP contribution in [0.2, 0.25) is 0 Å². The third-order valence-electron chi connectivity index (χ3n) is 2.59. The molecule has 0 spiro atoms. The highest BCUT2D eigenvalue weighted by atomic mass is 14.9. The van der Waals surface area contributed by atoms with Crippen molar-refractivity contribution in [3.05, 3.63) is 11.6 Å². The average molecular weight is 138 g/mol. The Morgan fingerprint density at radius 2 is 2.50 bits per heavy atom. The molecule has 2 atom stereocenters. The van der Waals surface area contributed by atoms with Crippen molar-refractivity contribution in [2.45, 2.75) is 18.9 Å². The molecule has 0 aromatic carbocycles. The summed E-state index contributed by atoms with van der Waals surface area (Å²) in [5.74, 6) is 0.661. The van der Waals surface area contributed by atoms with Gasteiger partial charge in [-0.05, 0) is 12.8 Å². The Balaban J connectivity index is 2.18. The summed E-state index contributed by atoms with van der Waals surface area (Å²) in [6.45, 7) is 2.19. The van der Waals surface area contributed by atoms with Crippen LogP contribution in [0.15, 0.2) is 11.6 Å². The van der Waals surface area contributed by atoms with Crippen molar-refractivity contribution in [3.63, 3.8) is 0 Å². The van der Waals surface area contributed by atoms with E-state index in [4.69, 9.17) is 5.73 Å². The lowest BCUT2D eigenvalue weighted by Crippen LogP contribution is -2.33. The van der Waals surface area contributed by atoms with E-state index in [0.29, 0.717) is 12.0 Å². The SMILES string of the molecule is N[C@@H]1CCC=C2CNC[C@H]21. The van der Waals surface area contributed by atoms with Gasteiger partial charge in [0.1, 0.15) is 0 Å². The number of nitrogens with one attached hydrogen (secondary N) is 1. The zero-order valence-electron chi connectivity index (χ0n) is 6.14. The Morgan fingerprint density at radius 3 is 3.30 bits per heavy atom. The largest absolute Gasteiger partial charge is 0.327 e. The molecule has 0 aromatic heterocycles. The minimum Gasteiger partial charge on any atom is -0.327 e. The van der Waals surface area contributed by atoms with Crippen LogP contribution in [0.3, 0.4) is 0 Å². The molecule has 2 rings (SSSR count). The van der Waals surface area contributed by atoms with Gasteiger partial charge in [0.25, 0.3) is 0 Å². The Kier molecular flexibility index (Phi) is 1.51. The van der Waals surface area contributed by atoms with Gasteiger partial charge < -0.3 is 11.1 Å². The van der Waals surface area contributed by atoms with Gasteiger partial charge in [0.2, 0.25) is 0 Å². The lowest BCUT2D eigenvalue weighted by Gasteiger charge is -2.23. The normalized spacial score (nSPS) is 39.1. The van der Waals surface area contributed by atoms with Crippen LogP contribution >= 0.6 is 0 Å². The summed E-state index contributed by atoms with van der Waals surface area (Å²) in [6, 6.07) is 0.426. The minimum absolute atomic E-state index is 0.426. The van der Waals surface area contributed by atoms with E-state index in [2.05, 4.69) is 11.4 Å². The van der Waals surface area contributed by atoms with Crippen molar-refractivity contribution in [3.8, 4) is 0 Å². The van der Waals surface area contributed by atoms with Crippen LogP contribution in [-0.2, 0) is 0 Å². The third kappa shape index (κ3) is 0.879. The van der Waals surface area contributed by atoms with Crippen LogP contribution in [0.25, 0.3) is 0 Å². The molecular weight excluding hydrogens is 124 g/mol. The van der Waals surface area contributed by atoms with Crippen LogP contribution < -0.4 is 11.1 Å². The molecular formula is C8H14N2. The van der Waals surface area contributed by atoms with Crippen molar-refractivity contribution in [2.24, 2.45) is 11.7 Å². The van der Waals surface area contributed by atoms with Crippen LogP contribution in [0.1, 0.15) is 12.8 Å². The third-order valence-corrected chi connectivity index (χ3v) is 2.59. The highest BCUT2D eigenvalue weighted by Crippen LogP contribution is 2.26. The zero-order chi connectivity index (χ0) is 6.97. The molecule has 1 fully saturated rings. The molecule has 0 radical (unpaired) electrons. The van der Waals surface area contributed by atoms with Gasteiger partial charge in [-0.2, -0.15) is 0 Å². The van der Waals surface area contributed by atoms with E-state index in [1.54, 1.807) is 5.57 Å². The molecule has 0 aromatic rings. The standard InChI is InChI=1S/C8H14N2/c9-8-3-1-2-6-4-10-5-7(6)8/h2,7-8,10H,1,3-5,9H2/t7-,8-/m1/s1. The maximum Gasteiger partial charge on any atom is 0.0168 e. The Morgan fingerprint density at radius 1 is 1.60 bits per heavy atom. The Labute approximate surface area is 61.5 Å². The quantitative estimate of drug-likeness (QED) is 0.471. The van der Waals surface area contributed by atoms with Crippen molar-refractivity contribution >= 4 is 0 Å². The maximum absolute atomic E-state index is 5.94. The maximum atomic E-state index is 5.94. The number of fused-ring (bicyclic) bond motifs is 1. The van der Waals surface area contributed by atoms with Crippen molar-refractivity contribution < 1.29 is 0 Å². The summed E-state index contributed by atoms with van der Waals surface area (Å²) in [5.41, 5.74) is 7.49. The number of rotatable bonds is 0. The Bertz CT molecular complexity index is 163. The predicted molar refractivity (Wildman–Crippen MR) is 41.7 cm³/mol. The molecule has 0 unspecified atom stereocenters. The molecule has 10 heavy (non-hydrogen) atoms. The van der Waals surface area contributed by atoms with Gasteiger partial charge in [0.05, 0.1) is 0 Å². The van der Waals surface area contributed by atoms with Gasteiger partial charge in [0, 0.05) is 25.0 Å². The Hall–Kier alpha value is -0.340. The number of hydrogen-bond acceptors (Lipinski definition) is 2. The topological polar surface area (TPSA) is 38.0 Å². The highest BCUT2D eigenvalue weighted by Gasteiger charge is 2.28. The van der Waals surface area contributed by atoms with Crippen molar-refractivity contribution in [1.29, 1.82) is 0 Å². The molecule has 0 bridgehead atoms. The summed E-state index contributed by atoms with van der Waals surface area (Å²) in [6.07, 6.45) is 4.72. The number of hydrogen-bond donors (Lipinski definition) is 2. The highest BCUT2D eigenvalue weighted by molar-refractivity contribution is 5.19. The van der Waals surface area contributed by atoms with Crippen LogP contribution in [-0.4, -0.2) is 19.1 Å². The van der Waals surface area contributed by atoms with Crippen molar-refractivity contribution in [2.75, 3.05) is 13.1 Å². The first-order chi connectivity index (χ1) is 4.88. The first-order valence-electron chi connectivity index (χ1n) is 4.03. The van der Waals surface area contributed by atoms with Gasteiger partial charge in [-0.15, -0.1) is 0 Å². The fourth-order valence-electron chi connectivity index (χ4n) is 1.95. The lowest BCUT2D eigenvalue weighted by molar-refractivity contribution is 0.461. The van der Waals surface area contributed by atoms with E-state index in [-0.39, 0.29) is 0 Å². The van der Waals surface area contributed by atoms with Gasteiger partial charge in [-0.1, -0.05) is 11.6 Å². The van der Waals surface area contributed by atoms with E-state index >= 15 is 0 Å². The molecule has 2 heteroatoms. The molecule has 2 nitrogen and oxygen atoms in total. The van der Waals surface area contributed by atoms with Gasteiger partial charge >= 0.3 is 0 Å². The molecule has 3 N–H and O–H groups in total. The molecule has 1 heterocycles. The molecule has 0 saturated carbocycles. The lowest BCUT2D eigenvalue weighted by atomic mass is 9.86. The van der Waals surface area contributed by atoms with Gasteiger partial charge in [0.15, 0.2) is 0 Å². The monoisotopic (exact) mass is 138 g/mol. The van der Waals surface area contributed by atoms with Gasteiger partial charge in [-0.25, -0.2) is 0 Å². The molecule has 0 amide bonds. The minimum atomic E-state index is 0.426. The van der Waals surface area contributed by atoms with E-state index in [9.17, 15) is 0 Å². The summed E-state index contributed by atoms with van der Waals surface area (Å²) in [5, 5.41) is 3.35. The smallest absolute Gasteiger partial charge is 0.0168 e. The number of allylic oxidation sites excluding steroid dienone is 1. The van der Waals surface area contributed by atoms with Crippen LogP contribution in [0.4, 0.5) is 0 Å². The molecule has 2 aliphatic rings. The molecule has 1 aliphatic carbocycles. The van der Waals surface area contributed by atoms with Gasteiger partial charge in [-0.3, -0.25) is 0 Å². The summed E-state index contributed by atoms with van der Waals surface area (Å²) >= 11 is 0. The number of nitrogens with two attached hydrogens (primary N) is 1. The van der Waals surface area contributed by atoms with Crippen LogP contribution in [0, 0.1) is 5.92 Å². The fourth-order valence-corrected chi connectivity index (χ4v) is 1.95. The second-order valence-electron chi connectivity index (χ2n) is 3.26. The average Bonchev–Trinajstić information content (AvgIpc) is 2.36. The zero-order valence-corrected chi connectivity index (χ0v) is 6.14. The second kappa shape index (κ2) is 2.36. The summed E-state index contributed by atoms with van der Waals surface area (Å²) in [7, 11) is 0. The predicted octanol–water partition coefficient (Wildman–Crippen LogP) is 0.253. The molecule has 1 aliphatic heterocycles. The van der Waals surface area contributed by atoms with E-state index in [1.807, 2.05) is 0 Å². The van der Waals surface area contributed by atoms with E-state index in [0.717, 1.165) is 13.1 Å². The second-order valence-corrected chi connectivity index (χ2v) is 3.26. The summed E-state index contributed by atoms with van der Waals surface area (Å²) in [4.78, 5) is 0. The van der Waals surface area contributed by atoms with Crippen LogP contribution in [0.5, 0.6) is 0 Å².